The van der Waals surface area contributed by atoms with E-state index in [9.17, 15) is 0 Å². The molecule has 0 aromatic heterocycles. The van der Waals surface area contributed by atoms with E-state index >= 15 is 0 Å². The molecule has 224 valence electrons. The van der Waals surface area contributed by atoms with Crippen LogP contribution >= 0.6 is 0 Å². The zero-order chi connectivity index (χ0) is 29.3. The van der Waals surface area contributed by atoms with Gasteiger partial charge in [0.25, 0.3) is 0 Å². The van der Waals surface area contributed by atoms with Crippen LogP contribution in [0.15, 0.2) is 101 Å². The second-order valence-corrected chi connectivity index (χ2v) is 14.3. The minimum atomic E-state index is 0.353. The van der Waals surface area contributed by atoms with Crippen molar-refractivity contribution in [2.45, 2.75) is 117 Å². The number of benzene rings is 1. The van der Waals surface area contributed by atoms with E-state index in [4.69, 9.17) is 4.99 Å². The van der Waals surface area contributed by atoms with E-state index in [1.807, 2.05) is 0 Å². The van der Waals surface area contributed by atoms with Gasteiger partial charge in [-0.15, -0.1) is 0 Å². The van der Waals surface area contributed by atoms with E-state index < -0.39 is 0 Å². The summed E-state index contributed by atoms with van der Waals surface area (Å²) in [5.41, 5.74) is 10.2. The Bertz CT molecular complexity index is 1240. The van der Waals surface area contributed by atoms with Gasteiger partial charge in [-0.25, -0.2) is 0 Å². The SMILES string of the molecule is C=C(C=C(C)C)CC1=NC(Cc2ccc(CC(=C)CC3CC[C@@H](CCCCC4CCCCC4)C3)cc2)=CC2C=CC=C12. The van der Waals surface area contributed by atoms with Gasteiger partial charge in [0.05, 0.1) is 0 Å². The molecule has 1 nitrogen and oxygen atoms in total. The molecule has 2 fully saturated rings. The Kier molecular flexibility index (Phi) is 11.1. The Balaban J connectivity index is 1.05. The van der Waals surface area contributed by atoms with Crippen molar-refractivity contribution in [1.29, 1.82) is 0 Å². The van der Waals surface area contributed by atoms with Crippen molar-refractivity contribution in [2.75, 3.05) is 0 Å². The summed E-state index contributed by atoms with van der Waals surface area (Å²) in [5.74, 6) is 3.24. The van der Waals surface area contributed by atoms with Gasteiger partial charge in [0.2, 0.25) is 0 Å². The Hall–Kier alpha value is -2.67. The maximum atomic E-state index is 5.11. The molecule has 2 unspecified atom stereocenters. The van der Waals surface area contributed by atoms with Gasteiger partial charge in [0.1, 0.15) is 0 Å². The fourth-order valence-electron chi connectivity index (χ4n) is 8.05. The molecule has 0 amide bonds. The molecule has 0 bridgehead atoms. The predicted octanol–water partition coefficient (Wildman–Crippen LogP) is 11.6. The summed E-state index contributed by atoms with van der Waals surface area (Å²) in [5, 5.41) is 0. The quantitative estimate of drug-likeness (QED) is 0.122. The molecule has 5 rings (SSSR count). The van der Waals surface area contributed by atoms with Gasteiger partial charge in [-0.05, 0) is 79.6 Å². The minimum absolute atomic E-state index is 0.353. The van der Waals surface area contributed by atoms with Gasteiger partial charge in [0.15, 0.2) is 0 Å². The molecule has 0 radical (unpaired) electrons. The summed E-state index contributed by atoms with van der Waals surface area (Å²) in [4.78, 5) is 5.11. The van der Waals surface area contributed by atoms with Gasteiger partial charge in [0, 0.05) is 30.2 Å². The van der Waals surface area contributed by atoms with E-state index in [1.165, 1.54) is 123 Å². The highest BCUT2D eigenvalue weighted by atomic mass is 14.8. The van der Waals surface area contributed by atoms with Gasteiger partial charge in [-0.3, -0.25) is 4.99 Å². The molecule has 1 aliphatic heterocycles. The molecule has 3 atom stereocenters. The van der Waals surface area contributed by atoms with Crippen LogP contribution in [0.3, 0.4) is 0 Å². The van der Waals surface area contributed by atoms with E-state index in [-0.39, 0.29) is 0 Å². The highest BCUT2D eigenvalue weighted by Crippen LogP contribution is 2.38. The van der Waals surface area contributed by atoms with Gasteiger partial charge >= 0.3 is 0 Å². The number of hydrogen-bond donors (Lipinski definition) is 0. The summed E-state index contributed by atoms with van der Waals surface area (Å²) >= 11 is 0. The second kappa shape index (κ2) is 15.2. The number of rotatable bonds is 14. The van der Waals surface area contributed by atoms with Gasteiger partial charge < -0.3 is 0 Å². The molecule has 1 heterocycles. The van der Waals surface area contributed by atoms with Crippen molar-refractivity contribution in [3.05, 3.63) is 107 Å². The largest absolute Gasteiger partial charge is 0.257 e. The molecule has 0 N–H and O–H groups in total. The van der Waals surface area contributed by atoms with E-state index in [0.717, 1.165) is 42.6 Å². The Morgan fingerprint density at radius 3 is 2.33 bits per heavy atom. The first-order chi connectivity index (χ1) is 20.4. The van der Waals surface area contributed by atoms with Crippen molar-refractivity contribution in [3.63, 3.8) is 0 Å². The molecule has 4 aliphatic rings. The Morgan fingerprint density at radius 2 is 1.57 bits per heavy atom. The van der Waals surface area contributed by atoms with Crippen molar-refractivity contribution in [3.8, 4) is 0 Å². The zero-order valence-electron chi connectivity index (χ0n) is 26.7. The van der Waals surface area contributed by atoms with Crippen LogP contribution in [0.1, 0.15) is 115 Å². The normalized spacial score (nSPS) is 23.7. The highest BCUT2D eigenvalue weighted by molar-refractivity contribution is 6.05. The highest BCUT2D eigenvalue weighted by Gasteiger charge is 2.25. The number of unbranched alkanes of at least 4 members (excludes halogenated alkanes) is 1. The van der Waals surface area contributed by atoms with E-state index in [0.29, 0.717) is 5.92 Å². The average molecular weight is 562 g/mol. The zero-order valence-corrected chi connectivity index (χ0v) is 26.7. The Morgan fingerprint density at radius 1 is 0.857 bits per heavy atom. The van der Waals surface area contributed by atoms with Crippen LogP contribution in [0.25, 0.3) is 0 Å². The number of aliphatic imine (C=N–C) groups is 1. The van der Waals surface area contributed by atoms with Crippen molar-refractivity contribution < 1.29 is 0 Å². The third-order valence-electron chi connectivity index (χ3n) is 10.1. The van der Waals surface area contributed by atoms with Crippen LogP contribution in [0.5, 0.6) is 0 Å². The molecule has 2 saturated carbocycles. The molecule has 42 heavy (non-hydrogen) atoms. The van der Waals surface area contributed by atoms with Crippen molar-refractivity contribution in [2.24, 2.45) is 28.7 Å². The lowest BCUT2D eigenvalue weighted by Crippen LogP contribution is -2.15. The standard InChI is InChI=1S/C41H55N/c1-30(2)23-31(3)26-41-40-16-10-15-38(40)29-39(42-41)28-36-19-17-35(18-20-36)24-32(4)25-37-22-21-34(27-37)14-9-8-13-33-11-6-5-7-12-33/h10,15-20,23,29,33-34,37-38H,3-9,11-14,21-22,24-28H2,1-2H3/t34-,37?,38?/m1/s1. The Labute approximate surface area is 257 Å². The molecule has 0 saturated heterocycles. The lowest BCUT2D eigenvalue weighted by Gasteiger charge is -2.21. The molecular formula is C41H55N. The molecule has 1 aromatic rings. The van der Waals surface area contributed by atoms with Crippen LogP contribution in [-0.4, -0.2) is 5.71 Å². The lowest BCUT2D eigenvalue weighted by molar-refractivity contribution is 0.323. The van der Waals surface area contributed by atoms with Crippen LogP contribution in [0, 0.1) is 23.7 Å². The summed E-state index contributed by atoms with van der Waals surface area (Å²) in [6.07, 6.45) is 32.8. The molecule has 0 spiro atoms. The first kappa shape index (κ1) is 30.8. The van der Waals surface area contributed by atoms with E-state index in [2.05, 4.69) is 81.7 Å². The lowest BCUT2D eigenvalue weighted by atomic mass is 9.85. The summed E-state index contributed by atoms with van der Waals surface area (Å²) < 4.78 is 0. The number of nitrogens with zero attached hydrogens (tertiary/aromatic N) is 1. The number of fused-ring (bicyclic) bond motifs is 1. The minimum Gasteiger partial charge on any atom is -0.257 e. The fourth-order valence-corrected chi connectivity index (χ4v) is 8.05. The van der Waals surface area contributed by atoms with Crippen molar-refractivity contribution in [1.82, 2.24) is 0 Å². The van der Waals surface area contributed by atoms with Crippen LogP contribution in [0.4, 0.5) is 0 Å². The third kappa shape index (κ3) is 9.16. The second-order valence-electron chi connectivity index (χ2n) is 14.3. The van der Waals surface area contributed by atoms with Crippen LogP contribution in [0.2, 0.25) is 0 Å². The summed E-state index contributed by atoms with van der Waals surface area (Å²) in [7, 11) is 0. The average Bonchev–Trinajstić information content (AvgIpc) is 3.62. The fraction of sp³-hybridized carbons (Fsp3) is 0.537. The first-order valence-electron chi connectivity index (χ1n) is 17.2. The maximum absolute atomic E-state index is 5.11. The number of allylic oxidation sites excluding steroid dienone is 10. The number of hydrogen-bond acceptors (Lipinski definition) is 1. The maximum Gasteiger partial charge on any atom is 0.0491 e. The first-order valence-corrected chi connectivity index (χ1v) is 17.2. The van der Waals surface area contributed by atoms with Crippen molar-refractivity contribution >= 4 is 5.71 Å². The van der Waals surface area contributed by atoms with E-state index in [1.54, 1.807) is 0 Å². The van der Waals surface area contributed by atoms with Crippen LogP contribution < -0.4 is 0 Å². The summed E-state index contributed by atoms with van der Waals surface area (Å²) in [6, 6.07) is 9.23. The smallest absolute Gasteiger partial charge is 0.0491 e. The van der Waals surface area contributed by atoms with Gasteiger partial charge in [-0.1, -0.05) is 143 Å². The third-order valence-corrected chi connectivity index (χ3v) is 10.1. The summed E-state index contributed by atoms with van der Waals surface area (Å²) in [6.45, 7) is 13.0. The molecule has 1 heteroatoms. The topological polar surface area (TPSA) is 12.4 Å². The van der Waals surface area contributed by atoms with Crippen LogP contribution in [-0.2, 0) is 12.8 Å². The van der Waals surface area contributed by atoms with Gasteiger partial charge in [-0.2, -0.15) is 0 Å². The molecule has 3 aliphatic carbocycles. The monoisotopic (exact) mass is 561 g/mol. The predicted molar refractivity (Wildman–Crippen MR) is 183 cm³/mol. The molecule has 1 aromatic carbocycles. The molecular weight excluding hydrogens is 506 g/mol.